The molecule has 0 atom stereocenters. The minimum Gasteiger partial charge on any atom is -0.496 e. The van der Waals surface area contributed by atoms with Crippen molar-refractivity contribution in [2.45, 2.75) is 25.3 Å². The smallest absolute Gasteiger partial charge is 0.251 e. The van der Waals surface area contributed by atoms with Gasteiger partial charge in [0, 0.05) is 18.8 Å². The van der Waals surface area contributed by atoms with Crippen molar-refractivity contribution in [1.82, 2.24) is 5.32 Å². The number of hydrogen-bond donors (Lipinski definition) is 2. The molecule has 2 rings (SSSR count). The summed E-state index contributed by atoms with van der Waals surface area (Å²) in [6.45, 7) is 2.95. The number of aliphatic hydroxyl groups is 1. The normalized spacial score (nSPS) is 17.6. The van der Waals surface area contributed by atoms with E-state index in [2.05, 4.69) is 5.32 Å². The number of nitrogens with one attached hydrogen (secondary N) is 1. The number of rotatable bonds is 4. The molecule has 0 unspecified atom stereocenters. The largest absolute Gasteiger partial charge is 0.496 e. The van der Waals surface area contributed by atoms with Crippen molar-refractivity contribution in [2.24, 2.45) is 0 Å². The molecule has 5 heteroatoms. The van der Waals surface area contributed by atoms with E-state index in [1.54, 1.807) is 19.2 Å². The van der Waals surface area contributed by atoms with E-state index in [0.717, 1.165) is 5.56 Å². The van der Waals surface area contributed by atoms with E-state index in [9.17, 15) is 9.90 Å². The summed E-state index contributed by atoms with van der Waals surface area (Å²) in [6, 6.07) is 5.33. The molecule has 0 aliphatic carbocycles. The van der Waals surface area contributed by atoms with Crippen molar-refractivity contribution in [3.8, 4) is 5.75 Å². The Morgan fingerprint density at radius 2 is 2.15 bits per heavy atom. The monoisotopic (exact) mass is 279 g/mol. The third kappa shape index (κ3) is 3.11. The first-order valence-electron chi connectivity index (χ1n) is 6.76. The van der Waals surface area contributed by atoms with Crippen LogP contribution in [-0.2, 0) is 4.74 Å². The summed E-state index contributed by atoms with van der Waals surface area (Å²) in [5.41, 5.74) is 0.937. The van der Waals surface area contributed by atoms with Gasteiger partial charge in [0.1, 0.15) is 5.75 Å². The molecule has 0 bridgehead atoms. The number of aryl methyl sites for hydroxylation is 1. The van der Waals surface area contributed by atoms with Crippen LogP contribution in [0.5, 0.6) is 5.75 Å². The number of ether oxygens (including phenoxy) is 2. The molecular weight excluding hydrogens is 258 g/mol. The predicted octanol–water partition coefficient (Wildman–Crippen LogP) is 1.27. The average molecular weight is 279 g/mol. The third-order valence-corrected chi connectivity index (χ3v) is 3.80. The van der Waals surface area contributed by atoms with Gasteiger partial charge in [0.05, 0.1) is 19.3 Å². The number of amides is 1. The second kappa shape index (κ2) is 6.24. The first-order chi connectivity index (χ1) is 9.60. The summed E-state index contributed by atoms with van der Waals surface area (Å²) in [5.74, 6) is 0.488. The van der Waals surface area contributed by atoms with Crippen molar-refractivity contribution < 1.29 is 19.4 Å². The van der Waals surface area contributed by atoms with Gasteiger partial charge in [0.2, 0.25) is 0 Å². The Hall–Kier alpha value is -1.59. The Morgan fingerprint density at radius 3 is 2.75 bits per heavy atom. The first kappa shape index (κ1) is 14.8. The van der Waals surface area contributed by atoms with Crippen LogP contribution in [0.25, 0.3) is 0 Å². The maximum absolute atomic E-state index is 12.3. The predicted molar refractivity (Wildman–Crippen MR) is 75.1 cm³/mol. The van der Waals surface area contributed by atoms with Crippen molar-refractivity contribution in [3.63, 3.8) is 0 Å². The van der Waals surface area contributed by atoms with E-state index in [1.165, 1.54) is 0 Å². The van der Waals surface area contributed by atoms with Crippen LogP contribution in [0.4, 0.5) is 0 Å². The van der Waals surface area contributed by atoms with Gasteiger partial charge >= 0.3 is 0 Å². The summed E-state index contributed by atoms with van der Waals surface area (Å²) in [6.07, 6.45) is 1.25. The Balaban J connectivity index is 2.14. The van der Waals surface area contributed by atoms with Crippen LogP contribution in [-0.4, -0.2) is 43.5 Å². The lowest BCUT2D eigenvalue weighted by Crippen LogP contribution is -2.54. The summed E-state index contributed by atoms with van der Waals surface area (Å²) < 4.78 is 10.5. The van der Waals surface area contributed by atoms with Crippen LogP contribution in [0.3, 0.4) is 0 Å². The number of carbonyl (C=O) groups excluding carboxylic acids is 1. The highest BCUT2D eigenvalue weighted by Gasteiger charge is 2.33. The van der Waals surface area contributed by atoms with Crippen molar-refractivity contribution in [1.29, 1.82) is 0 Å². The zero-order valence-corrected chi connectivity index (χ0v) is 11.9. The van der Waals surface area contributed by atoms with Gasteiger partial charge in [0.15, 0.2) is 0 Å². The molecule has 20 heavy (non-hydrogen) atoms. The molecule has 1 aliphatic heterocycles. The third-order valence-electron chi connectivity index (χ3n) is 3.80. The Kier molecular flexibility index (Phi) is 4.62. The standard InChI is InChI=1S/C15H21NO4/c1-11-3-4-12(9-13(11)19-2)14(18)16-15(10-17)5-7-20-8-6-15/h3-4,9,17H,5-8,10H2,1-2H3,(H,16,18). The van der Waals surface area contributed by atoms with Crippen LogP contribution < -0.4 is 10.1 Å². The molecule has 1 heterocycles. The molecule has 1 aromatic rings. The Bertz CT molecular complexity index is 481. The highest BCUT2D eigenvalue weighted by molar-refractivity contribution is 5.95. The molecule has 0 saturated carbocycles. The van der Waals surface area contributed by atoms with Gasteiger partial charge in [-0.2, -0.15) is 0 Å². The fourth-order valence-corrected chi connectivity index (χ4v) is 2.36. The Morgan fingerprint density at radius 1 is 1.45 bits per heavy atom. The molecular formula is C15H21NO4. The lowest BCUT2D eigenvalue weighted by molar-refractivity contribution is 0.0125. The molecule has 1 fully saturated rings. The van der Waals surface area contributed by atoms with Crippen LogP contribution in [0.1, 0.15) is 28.8 Å². The minimum atomic E-state index is -0.576. The maximum atomic E-state index is 12.3. The number of aliphatic hydroxyl groups excluding tert-OH is 1. The lowest BCUT2D eigenvalue weighted by atomic mass is 9.90. The molecule has 0 radical (unpaired) electrons. The molecule has 1 aliphatic rings. The maximum Gasteiger partial charge on any atom is 0.251 e. The van der Waals surface area contributed by atoms with Crippen molar-refractivity contribution >= 4 is 5.91 Å². The summed E-state index contributed by atoms with van der Waals surface area (Å²) in [4.78, 5) is 12.3. The Labute approximate surface area is 118 Å². The van der Waals surface area contributed by atoms with Gasteiger partial charge in [-0.25, -0.2) is 0 Å². The fourth-order valence-electron chi connectivity index (χ4n) is 2.36. The zero-order valence-electron chi connectivity index (χ0n) is 11.9. The topological polar surface area (TPSA) is 67.8 Å². The molecule has 0 spiro atoms. The number of methoxy groups -OCH3 is 1. The molecule has 110 valence electrons. The highest BCUT2D eigenvalue weighted by Crippen LogP contribution is 2.23. The fraction of sp³-hybridized carbons (Fsp3) is 0.533. The highest BCUT2D eigenvalue weighted by atomic mass is 16.5. The molecule has 5 nitrogen and oxygen atoms in total. The summed E-state index contributed by atoms with van der Waals surface area (Å²) in [5, 5.41) is 12.5. The number of carbonyl (C=O) groups is 1. The molecule has 1 amide bonds. The SMILES string of the molecule is COc1cc(C(=O)NC2(CO)CCOCC2)ccc1C. The van der Waals surface area contributed by atoms with E-state index in [-0.39, 0.29) is 12.5 Å². The molecule has 2 N–H and O–H groups in total. The zero-order chi connectivity index (χ0) is 14.6. The average Bonchev–Trinajstić information content (AvgIpc) is 2.48. The van der Waals surface area contributed by atoms with E-state index in [4.69, 9.17) is 9.47 Å². The van der Waals surface area contributed by atoms with Gasteiger partial charge in [-0.05, 0) is 37.5 Å². The molecule has 1 saturated heterocycles. The second-order valence-electron chi connectivity index (χ2n) is 5.19. The van der Waals surface area contributed by atoms with E-state index in [1.807, 2.05) is 13.0 Å². The molecule has 0 aromatic heterocycles. The van der Waals surface area contributed by atoms with Crippen LogP contribution in [0.2, 0.25) is 0 Å². The minimum absolute atomic E-state index is 0.0783. The number of benzene rings is 1. The van der Waals surface area contributed by atoms with E-state index < -0.39 is 5.54 Å². The van der Waals surface area contributed by atoms with Gasteiger partial charge in [0.25, 0.3) is 5.91 Å². The van der Waals surface area contributed by atoms with E-state index >= 15 is 0 Å². The van der Waals surface area contributed by atoms with Gasteiger partial charge < -0.3 is 19.9 Å². The van der Waals surface area contributed by atoms with Crippen LogP contribution in [0.15, 0.2) is 18.2 Å². The van der Waals surface area contributed by atoms with Crippen molar-refractivity contribution in [3.05, 3.63) is 29.3 Å². The van der Waals surface area contributed by atoms with Gasteiger partial charge in [-0.3, -0.25) is 4.79 Å². The van der Waals surface area contributed by atoms with Gasteiger partial charge in [-0.15, -0.1) is 0 Å². The second-order valence-corrected chi connectivity index (χ2v) is 5.19. The first-order valence-corrected chi connectivity index (χ1v) is 6.76. The summed E-state index contributed by atoms with van der Waals surface area (Å²) >= 11 is 0. The lowest BCUT2D eigenvalue weighted by Gasteiger charge is -2.36. The van der Waals surface area contributed by atoms with Crippen molar-refractivity contribution in [2.75, 3.05) is 26.9 Å². The quantitative estimate of drug-likeness (QED) is 0.871. The number of hydrogen-bond acceptors (Lipinski definition) is 4. The van der Waals surface area contributed by atoms with Crippen LogP contribution in [0, 0.1) is 6.92 Å². The van der Waals surface area contributed by atoms with Gasteiger partial charge in [-0.1, -0.05) is 6.07 Å². The van der Waals surface area contributed by atoms with Crippen LogP contribution >= 0.6 is 0 Å². The summed E-state index contributed by atoms with van der Waals surface area (Å²) in [7, 11) is 1.58. The molecule has 1 aromatic carbocycles. The van der Waals surface area contributed by atoms with E-state index in [0.29, 0.717) is 37.4 Å².